The molecule has 11 nitrogen and oxygen atoms in total. The van der Waals surface area contributed by atoms with E-state index in [4.69, 9.17) is 4.74 Å². The first kappa shape index (κ1) is 38.1. The van der Waals surface area contributed by atoms with Gasteiger partial charge < -0.3 is 30.2 Å². The predicted octanol–water partition coefficient (Wildman–Crippen LogP) is 6.63. The van der Waals surface area contributed by atoms with E-state index in [-0.39, 0.29) is 11.7 Å². The van der Waals surface area contributed by atoms with Crippen LogP contribution in [0.2, 0.25) is 0 Å². The molecule has 276 valence electrons. The van der Waals surface area contributed by atoms with Crippen LogP contribution in [0.5, 0.6) is 0 Å². The monoisotopic (exact) mass is 708 g/mol. The number of alkyl carbamates (subject to hydrolysis) is 1. The minimum Gasteiger partial charge on any atom is -0.444 e. The zero-order valence-corrected chi connectivity index (χ0v) is 31.1. The SMILES string of the molecule is CC1CCN(C(=O)C(c2ccc3ccccc3c2)n2cnc(NC(=O)[C@@H](CCCc3ccccc3)NC(=O)C(C)(C)NC(=O)OC(C)(C)C)c2)CC1. The van der Waals surface area contributed by atoms with Crippen molar-refractivity contribution in [1.29, 1.82) is 0 Å². The number of imidazole rings is 1. The number of anilines is 1. The van der Waals surface area contributed by atoms with Crippen LogP contribution in [0.15, 0.2) is 85.3 Å². The second-order valence-electron chi connectivity index (χ2n) is 15.4. The molecular formula is C41H52N6O5. The van der Waals surface area contributed by atoms with E-state index < -0.39 is 41.1 Å². The molecule has 1 fully saturated rings. The fourth-order valence-electron chi connectivity index (χ4n) is 6.36. The van der Waals surface area contributed by atoms with Gasteiger partial charge in [-0.2, -0.15) is 0 Å². The van der Waals surface area contributed by atoms with Crippen LogP contribution in [0.25, 0.3) is 10.8 Å². The van der Waals surface area contributed by atoms with Gasteiger partial charge in [0.05, 0.1) is 6.33 Å². The van der Waals surface area contributed by atoms with Crippen LogP contribution in [0.4, 0.5) is 10.6 Å². The number of fused-ring (bicyclic) bond motifs is 1. The van der Waals surface area contributed by atoms with Crippen LogP contribution in [0.3, 0.4) is 0 Å². The van der Waals surface area contributed by atoms with E-state index in [0.717, 1.165) is 34.7 Å². The Labute approximate surface area is 306 Å². The quantitative estimate of drug-likeness (QED) is 0.151. The summed E-state index contributed by atoms with van der Waals surface area (Å²) in [4.78, 5) is 60.5. The number of aromatic nitrogens is 2. The van der Waals surface area contributed by atoms with Crippen LogP contribution in [0.1, 0.15) is 84.4 Å². The van der Waals surface area contributed by atoms with Crippen molar-refractivity contribution < 1.29 is 23.9 Å². The number of aryl methyl sites for hydroxylation is 1. The van der Waals surface area contributed by atoms with Gasteiger partial charge in [0.1, 0.15) is 23.2 Å². The molecule has 5 rings (SSSR count). The molecule has 0 spiro atoms. The summed E-state index contributed by atoms with van der Waals surface area (Å²) in [5.74, 6) is -0.203. The molecule has 1 aromatic heterocycles. The van der Waals surface area contributed by atoms with Crippen molar-refractivity contribution in [3.63, 3.8) is 0 Å². The molecule has 4 amide bonds. The number of likely N-dealkylation sites (tertiary alicyclic amines) is 1. The molecule has 1 saturated heterocycles. The molecule has 0 radical (unpaired) electrons. The number of piperidine rings is 1. The van der Waals surface area contributed by atoms with Crippen LogP contribution < -0.4 is 16.0 Å². The summed E-state index contributed by atoms with van der Waals surface area (Å²) in [6.07, 6.45) is 6.05. The third-order valence-electron chi connectivity index (χ3n) is 9.37. The average molecular weight is 709 g/mol. The number of carbonyl (C=O) groups is 4. The Bertz CT molecular complexity index is 1860. The van der Waals surface area contributed by atoms with Crippen molar-refractivity contribution in [3.05, 3.63) is 96.4 Å². The number of rotatable bonds is 12. The molecule has 3 aromatic carbocycles. The fourth-order valence-corrected chi connectivity index (χ4v) is 6.36. The predicted molar refractivity (Wildman–Crippen MR) is 203 cm³/mol. The van der Waals surface area contributed by atoms with E-state index in [1.54, 1.807) is 51.7 Å². The Hall–Kier alpha value is -5.19. The minimum atomic E-state index is -1.37. The topological polar surface area (TPSA) is 135 Å². The molecule has 0 saturated carbocycles. The number of ether oxygens (including phenoxy) is 1. The Morgan fingerprint density at radius 3 is 2.27 bits per heavy atom. The average Bonchev–Trinajstić information content (AvgIpc) is 3.54. The van der Waals surface area contributed by atoms with E-state index in [2.05, 4.69) is 27.9 Å². The van der Waals surface area contributed by atoms with Gasteiger partial charge in [-0.25, -0.2) is 9.78 Å². The fraction of sp³-hybridized carbons (Fsp3) is 0.439. The van der Waals surface area contributed by atoms with E-state index in [1.165, 1.54) is 0 Å². The molecular weight excluding hydrogens is 656 g/mol. The van der Waals surface area contributed by atoms with Gasteiger partial charge in [0.25, 0.3) is 0 Å². The summed E-state index contributed by atoms with van der Waals surface area (Å²) >= 11 is 0. The Kier molecular flexibility index (Phi) is 12.0. The molecule has 1 unspecified atom stereocenters. The Balaban J connectivity index is 1.36. The van der Waals surface area contributed by atoms with Crippen molar-refractivity contribution in [2.24, 2.45) is 5.92 Å². The van der Waals surface area contributed by atoms with Crippen LogP contribution in [0, 0.1) is 5.92 Å². The standard InChI is InChI=1S/C41H52N6O5/c1-28-21-23-46(24-22-28)37(49)35(32-20-19-30-16-10-11-17-31(30)25-32)47-26-34(42-27-47)44-36(48)33(18-12-15-29-13-8-7-9-14-29)43-38(50)41(5,6)45-39(51)52-40(2,3)4/h7-11,13-14,16-17,19-20,25-28,33,35H,12,15,18,21-24H2,1-6H3,(H,43,50)(H,44,48)(H,45,51)/t33-,35?/m1/s1. The largest absolute Gasteiger partial charge is 0.444 e. The normalized spacial score (nSPS) is 15.1. The number of hydrogen-bond acceptors (Lipinski definition) is 6. The third kappa shape index (κ3) is 10.2. The van der Waals surface area contributed by atoms with Crippen LogP contribution in [-0.2, 0) is 25.5 Å². The molecule has 1 aliphatic heterocycles. The van der Waals surface area contributed by atoms with Crippen LogP contribution in [-0.4, -0.2) is 68.5 Å². The molecule has 3 N–H and O–H groups in total. The first-order valence-electron chi connectivity index (χ1n) is 18.2. The minimum absolute atomic E-state index is 0.0248. The number of nitrogens with one attached hydrogen (secondary N) is 3. The lowest BCUT2D eigenvalue weighted by Crippen LogP contribution is -2.58. The number of nitrogens with zero attached hydrogens (tertiary/aromatic N) is 3. The second kappa shape index (κ2) is 16.4. The number of carbonyl (C=O) groups excluding carboxylic acids is 4. The van der Waals surface area contributed by atoms with Crippen molar-refractivity contribution in [2.45, 2.75) is 96.9 Å². The molecule has 1 aliphatic rings. The maximum atomic E-state index is 14.2. The van der Waals surface area contributed by atoms with E-state index in [1.807, 2.05) is 77.7 Å². The molecule has 2 heterocycles. The van der Waals surface area contributed by atoms with Gasteiger partial charge in [0.2, 0.25) is 17.7 Å². The van der Waals surface area contributed by atoms with Gasteiger partial charge in [-0.1, -0.05) is 73.7 Å². The summed E-state index contributed by atoms with van der Waals surface area (Å²) in [5, 5.41) is 10.4. The molecule has 11 heteroatoms. The van der Waals surface area contributed by atoms with Gasteiger partial charge in [-0.05, 0) is 101 Å². The lowest BCUT2D eigenvalue weighted by Gasteiger charge is -2.33. The smallest absolute Gasteiger partial charge is 0.408 e. The highest BCUT2D eigenvalue weighted by molar-refractivity contribution is 5.98. The highest BCUT2D eigenvalue weighted by atomic mass is 16.6. The second-order valence-corrected chi connectivity index (χ2v) is 15.4. The third-order valence-corrected chi connectivity index (χ3v) is 9.37. The van der Waals surface area contributed by atoms with Crippen molar-refractivity contribution in [2.75, 3.05) is 18.4 Å². The van der Waals surface area contributed by atoms with Crippen molar-refractivity contribution in [3.8, 4) is 0 Å². The number of hydrogen-bond donors (Lipinski definition) is 3. The first-order valence-corrected chi connectivity index (χ1v) is 18.2. The highest BCUT2D eigenvalue weighted by Gasteiger charge is 2.35. The summed E-state index contributed by atoms with van der Waals surface area (Å²) in [6, 6.07) is 22.3. The van der Waals surface area contributed by atoms with Gasteiger partial charge in [0, 0.05) is 19.3 Å². The van der Waals surface area contributed by atoms with Crippen molar-refractivity contribution in [1.82, 2.24) is 25.1 Å². The highest BCUT2D eigenvalue weighted by Crippen LogP contribution is 2.28. The maximum absolute atomic E-state index is 14.2. The van der Waals surface area contributed by atoms with E-state index in [9.17, 15) is 19.2 Å². The lowest BCUT2D eigenvalue weighted by molar-refractivity contribution is -0.135. The zero-order chi connectivity index (χ0) is 37.5. The molecule has 4 aromatic rings. The first-order chi connectivity index (χ1) is 24.7. The van der Waals surface area contributed by atoms with Gasteiger partial charge >= 0.3 is 6.09 Å². The van der Waals surface area contributed by atoms with Crippen molar-refractivity contribution >= 4 is 40.4 Å². The van der Waals surface area contributed by atoms with E-state index in [0.29, 0.717) is 38.3 Å². The summed E-state index contributed by atoms with van der Waals surface area (Å²) in [5.41, 5.74) is -0.180. The summed E-state index contributed by atoms with van der Waals surface area (Å²) in [6.45, 7) is 11.9. The molecule has 0 aliphatic carbocycles. The molecule has 0 bridgehead atoms. The maximum Gasteiger partial charge on any atom is 0.408 e. The summed E-state index contributed by atoms with van der Waals surface area (Å²) in [7, 11) is 0. The van der Waals surface area contributed by atoms with Gasteiger partial charge in [-0.15, -0.1) is 0 Å². The number of benzene rings is 3. The zero-order valence-electron chi connectivity index (χ0n) is 31.1. The molecule has 2 atom stereocenters. The summed E-state index contributed by atoms with van der Waals surface area (Å²) < 4.78 is 7.10. The Morgan fingerprint density at radius 1 is 0.904 bits per heavy atom. The molecule has 52 heavy (non-hydrogen) atoms. The Morgan fingerprint density at radius 2 is 1.58 bits per heavy atom. The van der Waals surface area contributed by atoms with Gasteiger partial charge in [-0.3, -0.25) is 14.4 Å². The van der Waals surface area contributed by atoms with E-state index >= 15 is 0 Å². The number of amides is 4. The van der Waals surface area contributed by atoms with Crippen LogP contribution >= 0.6 is 0 Å². The van der Waals surface area contributed by atoms with Gasteiger partial charge in [0.15, 0.2) is 5.82 Å². The lowest BCUT2D eigenvalue weighted by atomic mass is 9.96.